The molecule has 0 aliphatic rings. The molecule has 2 aromatic rings. The van der Waals surface area contributed by atoms with E-state index in [4.69, 9.17) is 11.6 Å². The zero-order chi connectivity index (χ0) is 14.6. The number of sulfonamides is 1. The topological polar surface area (TPSA) is 63.2 Å². The van der Waals surface area contributed by atoms with Crippen LogP contribution < -0.4 is 0 Å². The number of halogens is 1. The third kappa shape index (κ3) is 3.53. The highest BCUT2D eigenvalue weighted by Gasteiger charge is 2.20. The Balaban J connectivity index is 2.08. The average molecular weight is 312 g/mol. The van der Waals surface area contributed by atoms with E-state index in [0.717, 1.165) is 5.69 Å². The molecular formula is C13H14ClN3O2S. The van der Waals surface area contributed by atoms with Crippen molar-refractivity contribution in [1.82, 2.24) is 14.3 Å². The molecule has 0 aliphatic heterocycles. The van der Waals surface area contributed by atoms with Gasteiger partial charge in [-0.05, 0) is 24.3 Å². The molecule has 20 heavy (non-hydrogen) atoms. The van der Waals surface area contributed by atoms with Crippen molar-refractivity contribution in [2.75, 3.05) is 13.6 Å². The van der Waals surface area contributed by atoms with Gasteiger partial charge in [-0.2, -0.15) is 0 Å². The molecule has 0 aromatic carbocycles. The maximum absolute atomic E-state index is 12.3. The van der Waals surface area contributed by atoms with Crippen LogP contribution in [0.1, 0.15) is 5.69 Å². The highest BCUT2D eigenvalue weighted by molar-refractivity contribution is 7.89. The lowest BCUT2D eigenvalue weighted by Gasteiger charge is -2.16. The smallest absolute Gasteiger partial charge is 0.244 e. The molecule has 2 rings (SSSR count). The molecule has 0 aliphatic carbocycles. The normalized spacial score (nSPS) is 11.8. The zero-order valence-corrected chi connectivity index (χ0v) is 12.5. The molecule has 0 spiro atoms. The van der Waals surface area contributed by atoms with Gasteiger partial charge < -0.3 is 0 Å². The van der Waals surface area contributed by atoms with Gasteiger partial charge in [-0.25, -0.2) is 17.7 Å². The molecule has 0 fully saturated rings. The second-order valence-corrected chi connectivity index (χ2v) is 6.65. The Bertz CT molecular complexity index is 660. The first-order valence-electron chi connectivity index (χ1n) is 5.98. The van der Waals surface area contributed by atoms with Crippen LogP contribution in [0.15, 0.2) is 47.6 Å². The molecule has 0 saturated heterocycles. The van der Waals surface area contributed by atoms with E-state index in [0.29, 0.717) is 13.0 Å². The lowest BCUT2D eigenvalue weighted by atomic mass is 10.3. The van der Waals surface area contributed by atoms with Crippen molar-refractivity contribution < 1.29 is 8.42 Å². The number of aromatic nitrogens is 2. The minimum absolute atomic E-state index is 0.130. The summed E-state index contributed by atoms with van der Waals surface area (Å²) in [6, 6.07) is 8.47. The summed E-state index contributed by atoms with van der Waals surface area (Å²) in [5.41, 5.74) is 0.851. The van der Waals surface area contributed by atoms with Crippen molar-refractivity contribution in [2.45, 2.75) is 11.3 Å². The predicted octanol–water partition coefficient (Wildman–Crippen LogP) is 1.99. The van der Waals surface area contributed by atoms with Crippen molar-refractivity contribution >= 4 is 21.6 Å². The fraction of sp³-hybridized carbons (Fsp3) is 0.231. The first kappa shape index (κ1) is 14.9. The van der Waals surface area contributed by atoms with E-state index in [9.17, 15) is 8.42 Å². The van der Waals surface area contributed by atoms with Gasteiger partial charge in [0.25, 0.3) is 0 Å². The number of pyridine rings is 2. The summed E-state index contributed by atoms with van der Waals surface area (Å²) in [5, 5.41) is 0.264. The van der Waals surface area contributed by atoms with Crippen LogP contribution in [0, 0.1) is 0 Å². The van der Waals surface area contributed by atoms with Crippen molar-refractivity contribution in [2.24, 2.45) is 0 Å². The standard InChI is InChI=1S/C13H14ClN3O2S/c1-17(9-7-11-4-2-3-8-15-11)20(18,19)12-5-6-13(14)16-10-12/h2-6,8,10H,7,9H2,1H3. The van der Waals surface area contributed by atoms with Crippen LogP contribution in [-0.4, -0.2) is 36.3 Å². The number of hydrogen-bond acceptors (Lipinski definition) is 4. The highest BCUT2D eigenvalue weighted by Crippen LogP contribution is 2.15. The summed E-state index contributed by atoms with van der Waals surface area (Å²) >= 11 is 5.65. The molecule has 0 N–H and O–H groups in total. The fourth-order valence-electron chi connectivity index (χ4n) is 1.63. The van der Waals surface area contributed by atoms with Gasteiger partial charge in [0.2, 0.25) is 10.0 Å². The van der Waals surface area contributed by atoms with Gasteiger partial charge in [-0.15, -0.1) is 0 Å². The first-order chi connectivity index (χ1) is 9.50. The number of rotatable bonds is 5. The molecule has 0 saturated carbocycles. The molecule has 0 radical (unpaired) electrons. The number of likely N-dealkylation sites (N-methyl/N-ethyl adjacent to an activating group) is 1. The monoisotopic (exact) mass is 311 g/mol. The van der Waals surface area contributed by atoms with Gasteiger partial charge in [-0.3, -0.25) is 4.98 Å². The van der Waals surface area contributed by atoms with Gasteiger partial charge in [0.1, 0.15) is 10.0 Å². The molecule has 7 heteroatoms. The minimum Gasteiger partial charge on any atom is -0.261 e. The van der Waals surface area contributed by atoms with Crippen molar-refractivity contribution in [1.29, 1.82) is 0 Å². The molecule has 106 valence electrons. The molecule has 0 atom stereocenters. The Labute approximate surface area is 123 Å². The van der Waals surface area contributed by atoms with Crippen LogP contribution >= 0.6 is 11.6 Å². The molecule has 0 bridgehead atoms. The summed E-state index contributed by atoms with van der Waals surface area (Å²) in [5.74, 6) is 0. The summed E-state index contributed by atoms with van der Waals surface area (Å²) in [6.45, 7) is 0.349. The van der Waals surface area contributed by atoms with Crippen LogP contribution in [-0.2, 0) is 16.4 Å². The van der Waals surface area contributed by atoms with Gasteiger partial charge in [0.15, 0.2) is 0 Å². The Morgan fingerprint density at radius 3 is 2.60 bits per heavy atom. The molecule has 2 aromatic heterocycles. The second kappa shape index (κ2) is 6.30. The third-order valence-corrected chi connectivity index (χ3v) is 4.88. The Morgan fingerprint density at radius 2 is 2.00 bits per heavy atom. The summed E-state index contributed by atoms with van der Waals surface area (Å²) < 4.78 is 25.9. The fourth-order valence-corrected chi connectivity index (χ4v) is 2.86. The second-order valence-electron chi connectivity index (χ2n) is 4.21. The van der Waals surface area contributed by atoms with E-state index in [1.165, 1.54) is 29.7 Å². The van der Waals surface area contributed by atoms with Crippen LogP contribution in [0.4, 0.5) is 0 Å². The van der Waals surface area contributed by atoms with Crippen molar-refractivity contribution in [3.05, 3.63) is 53.6 Å². The van der Waals surface area contributed by atoms with Crippen LogP contribution in [0.5, 0.6) is 0 Å². The number of nitrogens with zero attached hydrogens (tertiary/aromatic N) is 3. The Morgan fingerprint density at radius 1 is 1.20 bits per heavy atom. The first-order valence-corrected chi connectivity index (χ1v) is 7.80. The van der Waals surface area contributed by atoms with E-state index < -0.39 is 10.0 Å². The highest BCUT2D eigenvalue weighted by atomic mass is 35.5. The molecule has 2 heterocycles. The third-order valence-electron chi connectivity index (χ3n) is 2.82. The van der Waals surface area contributed by atoms with Gasteiger partial charge in [-0.1, -0.05) is 17.7 Å². The summed E-state index contributed by atoms with van der Waals surface area (Å²) in [7, 11) is -2.01. The SMILES string of the molecule is CN(CCc1ccccn1)S(=O)(=O)c1ccc(Cl)nc1. The Hall–Kier alpha value is -1.50. The van der Waals surface area contributed by atoms with Crippen molar-refractivity contribution in [3.63, 3.8) is 0 Å². The number of hydrogen-bond donors (Lipinski definition) is 0. The van der Waals surface area contributed by atoms with Gasteiger partial charge in [0.05, 0.1) is 0 Å². The predicted molar refractivity (Wildman–Crippen MR) is 77.0 cm³/mol. The van der Waals surface area contributed by atoms with E-state index >= 15 is 0 Å². The summed E-state index contributed by atoms with van der Waals surface area (Å²) in [6.07, 6.45) is 3.50. The quantitative estimate of drug-likeness (QED) is 0.792. The van der Waals surface area contributed by atoms with Crippen LogP contribution in [0.3, 0.4) is 0 Å². The molecule has 0 amide bonds. The lowest BCUT2D eigenvalue weighted by Crippen LogP contribution is -2.29. The van der Waals surface area contributed by atoms with E-state index in [1.807, 2.05) is 18.2 Å². The largest absolute Gasteiger partial charge is 0.261 e. The van der Waals surface area contributed by atoms with Crippen molar-refractivity contribution in [3.8, 4) is 0 Å². The molecular weight excluding hydrogens is 298 g/mol. The van der Waals surface area contributed by atoms with Crippen LogP contribution in [0.2, 0.25) is 5.15 Å². The maximum atomic E-state index is 12.3. The van der Waals surface area contributed by atoms with E-state index in [1.54, 1.807) is 6.20 Å². The van der Waals surface area contributed by atoms with Gasteiger partial charge in [0, 0.05) is 38.1 Å². The van der Waals surface area contributed by atoms with E-state index in [2.05, 4.69) is 9.97 Å². The summed E-state index contributed by atoms with van der Waals surface area (Å²) in [4.78, 5) is 8.09. The van der Waals surface area contributed by atoms with E-state index in [-0.39, 0.29) is 10.0 Å². The molecule has 5 nitrogen and oxygen atoms in total. The lowest BCUT2D eigenvalue weighted by molar-refractivity contribution is 0.470. The Kier molecular flexibility index (Phi) is 4.69. The van der Waals surface area contributed by atoms with Crippen LogP contribution in [0.25, 0.3) is 0 Å². The average Bonchev–Trinajstić information content (AvgIpc) is 2.46. The maximum Gasteiger partial charge on any atom is 0.244 e. The minimum atomic E-state index is -3.54. The van der Waals surface area contributed by atoms with Gasteiger partial charge >= 0.3 is 0 Å². The zero-order valence-electron chi connectivity index (χ0n) is 10.9. The molecule has 0 unspecified atom stereocenters.